The summed E-state index contributed by atoms with van der Waals surface area (Å²) in [5.41, 5.74) is 4.49. The van der Waals surface area contributed by atoms with E-state index in [-0.39, 0.29) is 0 Å². The van der Waals surface area contributed by atoms with Gasteiger partial charge in [0.2, 0.25) is 0 Å². The molecule has 0 aliphatic heterocycles. The van der Waals surface area contributed by atoms with Gasteiger partial charge in [-0.1, -0.05) is 39.7 Å². The van der Waals surface area contributed by atoms with Gasteiger partial charge in [-0.25, -0.2) is 4.98 Å². The van der Waals surface area contributed by atoms with Crippen LogP contribution in [0.25, 0.3) is 10.9 Å². The van der Waals surface area contributed by atoms with Crippen LogP contribution in [0.1, 0.15) is 11.1 Å². The summed E-state index contributed by atoms with van der Waals surface area (Å²) < 4.78 is 1.09. The molecule has 0 saturated carbocycles. The van der Waals surface area contributed by atoms with Crippen molar-refractivity contribution in [3.8, 4) is 0 Å². The third kappa shape index (κ3) is 2.54. The zero-order valence-corrected chi connectivity index (χ0v) is 13.0. The van der Waals surface area contributed by atoms with Gasteiger partial charge in [-0.3, -0.25) is 0 Å². The fourth-order valence-electron chi connectivity index (χ4n) is 2.16. The van der Waals surface area contributed by atoms with Gasteiger partial charge in [0.05, 0.1) is 5.52 Å². The molecule has 0 saturated heterocycles. The van der Waals surface area contributed by atoms with Crippen LogP contribution in [0.3, 0.4) is 0 Å². The highest BCUT2D eigenvalue weighted by Gasteiger charge is 2.04. The van der Waals surface area contributed by atoms with Crippen LogP contribution in [0.5, 0.6) is 0 Å². The Morgan fingerprint density at radius 2 is 1.60 bits per heavy atom. The van der Waals surface area contributed by atoms with Gasteiger partial charge in [0.25, 0.3) is 0 Å². The Hall–Kier alpha value is -1.87. The monoisotopic (exact) mass is 326 g/mol. The van der Waals surface area contributed by atoms with Gasteiger partial charge in [0.1, 0.15) is 5.82 Å². The maximum absolute atomic E-state index is 4.71. The molecule has 0 aliphatic carbocycles. The summed E-state index contributed by atoms with van der Waals surface area (Å²) in [6, 6.07) is 16.6. The van der Waals surface area contributed by atoms with Crippen molar-refractivity contribution in [2.24, 2.45) is 0 Å². The van der Waals surface area contributed by atoms with Crippen LogP contribution < -0.4 is 5.32 Å². The largest absolute Gasteiger partial charge is 0.340 e. The van der Waals surface area contributed by atoms with Gasteiger partial charge in [0.15, 0.2) is 0 Å². The van der Waals surface area contributed by atoms with E-state index in [1.165, 1.54) is 5.56 Å². The van der Waals surface area contributed by atoms with Crippen molar-refractivity contribution >= 4 is 38.3 Å². The average Bonchev–Trinajstić information content (AvgIpc) is 2.46. The number of hydrogen-bond donors (Lipinski definition) is 1. The van der Waals surface area contributed by atoms with Crippen molar-refractivity contribution in [3.63, 3.8) is 0 Å². The lowest BCUT2D eigenvalue weighted by molar-refractivity contribution is 1.33. The number of benzene rings is 2. The lowest BCUT2D eigenvalue weighted by Gasteiger charge is -2.09. The van der Waals surface area contributed by atoms with Crippen LogP contribution in [0.2, 0.25) is 0 Å². The first-order chi connectivity index (χ1) is 9.63. The van der Waals surface area contributed by atoms with Gasteiger partial charge < -0.3 is 5.32 Å². The van der Waals surface area contributed by atoms with E-state index >= 15 is 0 Å². The standard InChI is InChI=1S/C17H15BrN2/c1-11-3-7-14(8-4-11)19-16-10-6-13-5-9-15(18)12(2)17(13)20-16/h3-10H,1-2H3,(H,19,20). The maximum Gasteiger partial charge on any atom is 0.131 e. The molecular formula is C17H15BrN2. The van der Waals surface area contributed by atoms with E-state index in [1.807, 2.05) is 6.07 Å². The number of rotatable bonds is 2. The van der Waals surface area contributed by atoms with Gasteiger partial charge >= 0.3 is 0 Å². The van der Waals surface area contributed by atoms with E-state index in [0.29, 0.717) is 0 Å². The van der Waals surface area contributed by atoms with Crippen LogP contribution in [0.15, 0.2) is 53.0 Å². The summed E-state index contributed by atoms with van der Waals surface area (Å²) >= 11 is 3.56. The Bertz CT molecular complexity index is 764. The van der Waals surface area contributed by atoms with Gasteiger partial charge in [0, 0.05) is 15.5 Å². The molecular weight excluding hydrogens is 312 g/mol. The molecule has 3 aromatic rings. The molecule has 0 unspecified atom stereocenters. The summed E-state index contributed by atoms with van der Waals surface area (Å²) in [6.45, 7) is 4.16. The normalized spacial score (nSPS) is 10.8. The van der Waals surface area contributed by atoms with Crippen LogP contribution in [-0.2, 0) is 0 Å². The molecule has 0 aliphatic rings. The average molecular weight is 327 g/mol. The second kappa shape index (κ2) is 5.25. The Labute approximate surface area is 127 Å². The number of nitrogens with zero attached hydrogens (tertiary/aromatic N) is 1. The third-order valence-corrected chi connectivity index (χ3v) is 4.23. The van der Waals surface area contributed by atoms with E-state index in [4.69, 9.17) is 4.98 Å². The number of halogens is 1. The van der Waals surface area contributed by atoms with Crippen molar-refractivity contribution in [1.82, 2.24) is 4.98 Å². The predicted molar refractivity (Wildman–Crippen MR) is 88.6 cm³/mol. The molecule has 3 heteroatoms. The molecule has 0 radical (unpaired) electrons. The van der Waals surface area contributed by atoms with E-state index < -0.39 is 0 Å². The zero-order chi connectivity index (χ0) is 14.1. The Balaban J connectivity index is 2.00. The second-order valence-electron chi connectivity index (χ2n) is 4.93. The van der Waals surface area contributed by atoms with Crippen LogP contribution >= 0.6 is 15.9 Å². The first-order valence-electron chi connectivity index (χ1n) is 6.53. The molecule has 0 atom stereocenters. The quantitative estimate of drug-likeness (QED) is 0.685. The molecule has 2 nitrogen and oxygen atoms in total. The number of anilines is 2. The lowest BCUT2D eigenvalue weighted by Crippen LogP contribution is -1.95. The van der Waals surface area contributed by atoms with E-state index in [1.54, 1.807) is 0 Å². The minimum Gasteiger partial charge on any atom is -0.340 e. The first kappa shape index (κ1) is 13.1. The van der Waals surface area contributed by atoms with Gasteiger partial charge in [-0.05, 0) is 49.7 Å². The zero-order valence-electron chi connectivity index (χ0n) is 11.4. The SMILES string of the molecule is Cc1ccc(Nc2ccc3ccc(Br)c(C)c3n2)cc1. The molecule has 1 N–H and O–H groups in total. The molecule has 100 valence electrons. The molecule has 0 bridgehead atoms. The minimum absolute atomic E-state index is 0.863. The molecule has 20 heavy (non-hydrogen) atoms. The Morgan fingerprint density at radius 3 is 2.35 bits per heavy atom. The predicted octanol–water partition coefficient (Wildman–Crippen LogP) is 5.36. The van der Waals surface area contributed by atoms with Crippen molar-refractivity contribution in [3.05, 3.63) is 64.1 Å². The first-order valence-corrected chi connectivity index (χ1v) is 7.32. The Morgan fingerprint density at radius 1 is 0.900 bits per heavy atom. The van der Waals surface area contributed by atoms with Crippen LogP contribution in [0.4, 0.5) is 11.5 Å². The summed E-state index contributed by atoms with van der Waals surface area (Å²) in [5.74, 6) is 0.863. The highest BCUT2D eigenvalue weighted by atomic mass is 79.9. The number of pyridine rings is 1. The fourth-order valence-corrected chi connectivity index (χ4v) is 2.48. The highest BCUT2D eigenvalue weighted by Crippen LogP contribution is 2.26. The highest BCUT2D eigenvalue weighted by molar-refractivity contribution is 9.10. The number of nitrogens with one attached hydrogen (secondary N) is 1. The van der Waals surface area contributed by atoms with Crippen LogP contribution in [-0.4, -0.2) is 4.98 Å². The van der Waals surface area contributed by atoms with Gasteiger partial charge in [-0.15, -0.1) is 0 Å². The number of fused-ring (bicyclic) bond motifs is 1. The minimum atomic E-state index is 0.863. The molecule has 2 aromatic carbocycles. The van der Waals surface area contributed by atoms with Crippen molar-refractivity contribution < 1.29 is 0 Å². The summed E-state index contributed by atoms with van der Waals surface area (Å²) in [6.07, 6.45) is 0. The molecule has 0 amide bonds. The van der Waals surface area contributed by atoms with Gasteiger partial charge in [-0.2, -0.15) is 0 Å². The van der Waals surface area contributed by atoms with E-state index in [0.717, 1.165) is 32.4 Å². The molecule has 0 fully saturated rings. The lowest BCUT2D eigenvalue weighted by atomic mass is 10.1. The second-order valence-corrected chi connectivity index (χ2v) is 5.79. The fraction of sp³-hybridized carbons (Fsp3) is 0.118. The van der Waals surface area contributed by atoms with Crippen molar-refractivity contribution in [2.75, 3.05) is 5.32 Å². The van der Waals surface area contributed by atoms with E-state index in [9.17, 15) is 0 Å². The third-order valence-electron chi connectivity index (χ3n) is 3.37. The van der Waals surface area contributed by atoms with Crippen LogP contribution in [0, 0.1) is 13.8 Å². The molecule has 1 heterocycles. The van der Waals surface area contributed by atoms with Crippen molar-refractivity contribution in [1.29, 1.82) is 0 Å². The summed E-state index contributed by atoms with van der Waals surface area (Å²) in [4.78, 5) is 4.71. The molecule has 0 spiro atoms. The maximum atomic E-state index is 4.71. The number of aryl methyl sites for hydroxylation is 2. The Kier molecular flexibility index (Phi) is 3.45. The number of hydrogen-bond acceptors (Lipinski definition) is 2. The topological polar surface area (TPSA) is 24.9 Å². The summed E-state index contributed by atoms with van der Waals surface area (Å²) in [7, 11) is 0. The molecule has 1 aromatic heterocycles. The number of aromatic nitrogens is 1. The molecule has 3 rings (SSSR count). The van der Waals surface area contributed by atoms with Crippen molar-refractivity contribution in [2.45, 2.75) is 13.8 Å². The summed E-state index contributed by atoms with van der Waals surface area (Å²) in [5, 5.41) is 4.50. The van der Waals surface area contributed by atoms with E-state index in [2.05, 4.69) is 77.6 Å². The smallest absolute Gasteiger partial charge is 0.131 e.